The maximum absolute atomic E-state index is 13.2. The number of ether oxygens (including phenoxy) is 2. The summed E-state index contributed by atoms with van der Waals surface area (Å²) in [5.74, 6) is -1.31. The minimum atomic E-state index is -1.38. The summed E-state index contributed by atoms with van der Waals surface area (Å²) in [6.07, 6.45) is 3.74. The highest BCUT2D eigenvalue weighted by atomic mass is 16.5. The SMILES string of the molecule is COc1c(C(=O)C2=CN3C(=CC(=O)NC3O)N=C2)c(O)c(OC)c2occc12. The summed E-state index contributed by atoms with van der Waals surface area (Å²) < 4.78 is 15.9. The number of phenols is 1. The highest BCUT2D eigenvalue weighted by Crippen LogP contribution is 2.46. The van der Waals surface area contributed by atoms with Crippen molar-refractivity contribution in [2.45, 2.75) is 6.35 Å². The number of nitrogens with one attached hydrogen (secondary N) is 1. The second-order valence-electron chi connectivity index (χ2n) is 5.92. The number of fused-ring (bicyclic) bond motifs is 2. The normalized spacial score (nSPS) is 18.3. The molecule has 144 valence electrons. The zero-order valence-electron chi connectivity index (χ0n) is 14.8. The van der Waals surface area contributed by atoms with Gasteiger partial charge in [0.05, 0.1) is 31.4 Å². The number of nitrogens with zero attached hydrogens (tertiary/aromatic N) is 2. The number of phenolic OH excluding ortho intramolecular Hbond substituents is 1. The van der Waals surface area contributed by atoms with E-state index in [9.17, 15) is 19.8 Å². The fraction of sp³-hybridized carbons (Fsp3) is 0.167. The molecule has 0 radical (unpaired) electrons. The molecule has 0 aliphatic carbocycles. The average molecular weight is 385 g/mol. The Morgan fingerprint density at radius 2 is 2.07 bits per heavy atom. The summed E-state index contributed by atoms with van der Waals surface area (Å²) >= 11 is 0. The van der Waals surface area contributed by atoms with E-state index in [1.165, 1.54) is 43.9 Å². The van der Waals surface area contributed by atoms with Crippen LogP contribution in [0.25, 0.3) is 11.0 Å². The first-order valence-corrected chi connectivity index (χ1v) is 8.09. The summed E-state index contributed by atoms with van der Waals surface area (Å²) in [4.78, 5) is 29.9. The van der Waals surface area contributed by atoms with Crippen LogP contribution in [0.5, 0.6) is 17.2 Å². The molecule has 0 bridgehead atoms. The molecule has 3 N–H and O–H groups in total. The number of rotatable bonds is 4. The fourth-order valence-electron chi connectivity index (χ4n) is 3.12. The van der Waals surface area contributed by atoms with E-state index in [1.807, 2.05) is 0 Å². The topological polar surface area (TPSA) is 134 Å². The lowest BCUT2D eigenvalue weighted by molar-refractivity contribution is -0.123. The van der Waals surface area contributed by atoms with Gasteiger partial charge in [0.15, 0.2) is 11.3 Å². The Hall–Kier alpha value is -3.79. The molecule has 1 atom stereocenters. The summed E-state index contributed by atoms with van der Waals surface area (Å²) in [5, 5.41) is 23.4. The number of methoxy groups -OCH3 is 2. The Labute approximate surface area is 158 Å². The molecule has 1 aromatic heterocycles. The summed E-state index contributed by atoms with van der Waals surface area (Å²) in [6.45, 7) is 0. The Morgan fingerprint density at radius 1 is 1.32 bits per heavy atom. The maximum atomic E-state index is 13.2. The number of ketones is 1. The van der Waals surface area contributed by atoms with Crippen molar-refractivity contribution >= 4 is 28.9 Å². The molecule has 1 amide bonds. The standard InChI is InChI=1S/C18H15N3O7/c1-26-15-9-3-4-28-16(9)17(27-2)14(24)12(15)13(23)8-6-19-10-5-11(22)20-18(25)21(10)7-8/h3-7,18,24-25H,1-2H3,(H,20,22). The lowest BCUT2D eigenvalue weighted by Gasteiger charge is -2.32. The Bertz CT molecular complexity index is 1100. The van der Waals surface area contributed by atoms with Gasteiger partial charge in [-0.3, -0.25) is 14.5 Å². The number of aliphatic hydroxyl groups excluding tert-OH is 1. The van der Waals surface area contributed by atoms with Crippen molar-refractivity contribution in [1.82, 2.24) is 10.2 Å². The first-order chi connectivity index (χ1) is 13.5. The van der Waals surface area contributed by atoms with Crippen molar-refractivity contribution in [2.75, 3.05) is 14.2 Å². The Kier molecular flexibility index (Phi) is 4.04. The van der Waals surface area contributed by atoms with E-state index in [-0.39, 0.29) is 34.0 Å². The van der Waals surface area contributed by atoms with Crippen LogP contribution in [0, 0.1) is 0 Å². The van der Waals surface area contributed by atoms with Gasteiger partial charge in [-0.15, -0.1) is 0 Å². The van der Waals surface area contributed by atoms with E-state index >= 15 is 0 Å². The van der Waals surface area contributed by atoms with Gasteiger partial charge in [0, 0.05) is 18.5 Å². The van der Waals surface area contributed by atoms with Gasteiger partial charge in [-0.2, -0.15) is 0 Å². The van der Waals surface area contributed by atoms with Crippen molar-refractivity contribution in [2.24, 2.45) is 4.99 Å². The number of aliphatic hydroxyl groups is 1. The van der Waals surface area contributed by atoms with Crippen molar-refractivity contribution in [3.05, 3.63) is 41.6 Å². The molecule has 10 heteroatoms. The van der Waals surface area contributed by atoms with Crippen molar-refractivity contribution in [1.29, 1.82) is 0 Å². The summed E-state index contributed by atoms with van der Waals surface area (Å²) in [7, 11) is 2.70. The first kappa shape index (κ1) is 17.6. The lowest BCUT2D eigenvalue weighted by Crippen LogP contribution is -2.49. The minimum absolute atomic E-state index is 0.0108. The van der Waals surface area contributed by atoms with Gasteiger partial charge in [0.1, 0.15) is 17.1 Å². The molecule has 2 aliphatic rings. The monoisotopic (exact) mass is 385 g/mol. The number of aliphatic imine (C=N–C) groups is 1. The maximum Gasteiger partial charge on any atom is 0.251 e. The van der Waals surface area contributed by atoms with Crippen LogP contribution in [0.2, 0.25) is 0 Å². The number of carbonyl (C=O) groups excluding carboxylic acids is 2. The largest absolute Gasteiger partial charge is 0.504 e. The number of carbonyl (C=O) groups is 2. The lowest BCUT2D eigenvalue weighted by atomic mass is 9.99. The average Bonchev–Trinajstić information content (AvgIpc) is 3.15. The molecule has 2 aliphatic heterocycles. The Morgan fingerprint density at radius 3 is 2.79 bits per heavy atom. The molecule has 0 fully saturated rings. The van der Waals surface area contributed by atoms with E-state index in [0.29, 0.717) is 5.39 Å². The molecular weight excluding hydrogens is 370 g/mol. The molecule has 1 unspecified atom stereocenters. The van der Waals surface area contributed by atoms with Gasteiger partial charge in [-0.1, -0.05) is 0 Å². The van der Waals surface area contributed by atoms with Gasteiger partial charge >= 0.3 is 0 Å². The van der Waals surface area contributed by atoms with Crippen molar-refractivity contribution in [3.8, 4) is 17.2 Å². The number of furan rings is 1. The van der Waals surface area contributed by atoms with Crippen LogP contribution < -0.4 is 14.8 Å². The molecule has 2 aromatic rings. The van der Waals surface area contributed by atoms with E-state index in [2.05, 4.69) is 10.3 Å². The smallest absolute Gasteiger partial charge is 0.251 e. The second kappa shape index (κ2) is 6.43. The molecule has 28 heavy (non-hydrogen) atoms. The van der Waals surface area contributed by atoms with Gasteiger partial charge in [-0.05, 0) is 6.07 Å². The third kappa shape index (κ3) is 2.50. The predicted molar refractivity (Wildman–Crippen MR) is 96.0 cm³/mol. The number of allylic oxidation sites excluding steroid dienone is 1. The van der Waals surface area contributed by atoms with E-state index in [1.54, 1.807) is 6.07 Å². The van der Waals surface area contributed by atoms with Crippen LogP contribution in [0.3, 0.4) is 0 Å². The second-order valence-corrected chi connectivity index (χ2v) is 5.92. The van der Waals surface area contributed by atoms with Crippen LogP contribution in [0.4, 0.5) is 0 Å². The van der Waals surface area contributed by atoms with Crippen LogP contribution in [0.15, 0.2) is 45.4 Å². The fourth-order valence-corrected chi connectivity index (χ4v) is 3.12. The van der Waals surface area contributed by atoms with Crippen LogP contribution in [-0.4, -0.2) is 53.6 Å². The third-order valence-electron chi connectivity index (χ3n) is 4.37. The quantitative estimate of drug-likeness (QED) is 0.660. The highest BCUT2D eigenvalue weighted by Gasteiger charge is 2.32. The zero-order chi connectivity index (χ0) is 20.0. The molecule has 0 saturated heterocycles. The molecule has 3 heterocycles. The zero-order valence-corrected chi connectivity index (χ0v) is 14.8. The minimum Gasteiger partial charge on any atom is -0.504 e. The number of aromatic hydroxyl groups is 1. The van der Waals surface area contributed by atoms with Gasteiger partial charge in [-0.25, -0.2) is 4.99 Å². The van der Waals surface area contributed by atoms with Gasteiger partial charge in [0.25, 0.3) is 5.91 Å². The van der Waals surface area contributed by atoms with E-state index < -0.39 is 23.8 Å². The van der Waals surface area contributed by atoms with Crippen molar-refractivity contribution < 1.29 is 33.7 Å². The molecule has 0 spiro atoms. The van der Waals surface area contributed by atoms with Crippen LogP contribution in [-0.2, 0) is 4.79 Å². The number of benzene rings is 1. The predicted octanol–water partition coefficient (Wildman–Crippen LogP) is 0.856. The van der Waals surface area contributed by atoms with Crippen molar-refractivity contribution in [3.63, 3.8) is 0 Å². The van der Waals surface area contributed by atoms with Crippen LogP contribution in [0.1, 0.15) is 10.4 Å². The molecule has 4 rings (SSSR count). The number of amides is 1. The highest BCUT2D eigenvalue weighted by molar-refractivity contribution is 6.25. The Balaban J connectivity index is 1.85. The number of Topliss-reactive ketones (excluding diaryl/α,β-unsaturated/α-hetero) is 1. The van der Waals surface area contributed by atoms with Crippen LogP contribution >= 0.6 is 0 Å². The molecular formula is C18H15N3O7. The third-order valence-corrected chi connectivity index (χ3v) is 4.37. The van der Waals surface area contributed by atoms with E-state index in [0.717, 1.165) is 0 Å². The molecule has 1 aromatic carbocycles. The number of hydrogen-bond acceptors (Lipinski definition) is 9. The summed E-state index contributed by atoms with van der Waals surface area (Å²) in [5.41, 5.74) is 0.138. The molecule has 10 nitrogen and oxygen atoms in total. The van der Waals surface area contributed by atoms with Gasteiger partial charge in [0.2, 0.25) is 17.9 Å². The molecule has 0 saturated carbocycles. The number of hydrogen-bond donors (Lipinski definition) is 3. The first-order valence-electron chi connectivity index (χ1n) is 8.09. The van der Waals surface area contributed by atoms with E-state index in [4.69, 9.17) is 13.9 Å². The van der Waals surface area contributed by atoms with Gasteiger partial charge < -0.3 is 29.4 Å². The summed E-state index contributed by atoms with van der Waals surface area (Å²) in [6, 6.07) is 1.58.